The molecule has 0 aliphatic rings. The zero-order chi connectivity index (χ0) is 12.3. The number of benzene rings is 2. The lowest BCUT2D eigenvalue weighted by Gasteiger charge is -2.07. The molecule has 0 aliphatic carbocycles. The predicted octanol–water partition coefficient (Wildman–Crippen LogP) is 2.48. The molecular formula is C14H14N3+. The number of nitrogens with one attached hydrogen (secondary N) is 1. The van der Waals surface area contributed by atoms with Crippen LogP contribution in [0.4, 0.5) is 17.1 Å². The molecule has 3 nitrogen and oxygen atoms in total. The molecule has 0 spiro atoms. The van der Waals surface area contributed by atoms with E-state index in [0.29, 0.717) is 5.56 Å². The van der Waals surface area contributed by atoms with Crippen molar-refractivity contribution in [3.63, 3.8) is 0 Å². The first-order chi connectivity index (χ1) is 8.19. The van der Waals surface area contributed by atoms with Gasteiger partial charge in [-0.2, -0.15) is 5.26 Å². The molecule has 0 heterocycles. The third-order valence-corrected chi connectivity index (χ3v) is 2.65. The molecule has 0 aliphatic heterocycles. The Kier molecular flexibility index (Phi) is 3.08. The summed E-state index contributed by atoms with van der Waals surface area (Å²) in [6.45, 7) is 2.03. The molecule has 0 saturated heterocycles. The van der Waals surface area contributed by atoms with E-state index < -0.39 is 0 Å². The molecule has 0 saturated carbocycles. The predicted molar refractivity (Wildman–Crippen MR) is 68.2 cm³/mol. The second-order valence-electron chi connectivity index (χ2n) is 3.96. The first-order valence-electron chi connectivity index (χ1n) is 5.39. The maximum atomic E-state index is 8.71. The summed E-state index contributed by atoms with van der Waals surface area (Å²) in [7, 11) is 0. The highest BCUT2D eigenvalue weighted by Crippen LogP contribution is 2.20. The van der Waals surface area contributed by atoms with Crippen molar-refractivity contribution in [2.45, 2.75) is 6.92 Å². The van der Waals surface area contributed by atoms with Gasteiger partial charge in [0.2, 0.25) is 0 Å². The van der Waals surface area contributed by atoms with E-state index in [1.54, 1.807) is 12.1 Å². The van der Waals surface area contributed by atoms with Gasteiger partial charge in [-0.3, -0.25) is 0 Å². The Labute approximate surface area is 101 Å². The number of hydrogen-bond acceptors (Lipinski definition) is 2. The van der Waals surface area contributed by atoms with E-state index in [1.807, 2.05) is 31.2 Å². The molecule has 2 aromatic rings. The van der Waals surface area contributed by atoms with Crippen LogP contribution < -0.4 is 11.1 Å². The van der Waals surface area contributed by atoms with Crippen LogP contribution >= 0.6 is 0 Å². The number of nitriles is 1. The number of rotatable bonds is 2. The molecule has 2 rings (SSSR count). The van der Waals surface area contributed by atoms with E-state index in [1.165, 1.54) is 0 Å². The van der Waals surface area contributed by atoms with E-state index >= 15 is 0 Å². The van der Waals surface area contributed by atoms with Gasteiger partial charge >= 0.3 is 0 Å². The van der Waals surface area contributed by atoms with Crippen LogP contribution in [-0.2, 0) is 0 Å². The van der Waals surface area contributed by atoms with Crippen molar-refractivity contribution < 1.29 is 5.73 Å². The van der Waals surface area contributed by atoms with Gasteiger partial charge in [0.15, 0.2) is 0 Å². The molecule has 3 heteroatoms. The zero-order valence-corrected chi connectivity index (χ0v) is 9.70. The summed E-state index contributed by atoms with van der Waals surface area (Å²) in [6, 6.07) is 15.5. The summed E-state index contributed by atoms with van der Waals surface area (Å²) in [5, 5.41) is 12.0. The Morgan fingerprint density at radius 1 is 1.06 bits per heavy atom. The Balaban J connectivity index is 2.20. The fourth-order valence-electron chi connectivity index (χ4n) is 1.57. The summed E-state index contributed by atoms with van der Waals surface area (Å²) < 4.78 is 0. The Morgan fingerprint density at radius 3 is 2.29 bits per heavy atom. The van der Waals surface area contributed by atoms with Gasteiger partial charge in [-0.25, -0.2) is 0 Å². The summed E-state index contributed by atoms with van der Waals surface area (Å²) in [6.07, 6.45) is 0. The van der Waals surface area contributed by atoms with E-state index in [9.17, 15) is 0 Å². The average molecular weight is 224 g/mol. The molecule has 2 aromatic carbocycles. The topological polar surface area (TPSA) is 63.5 Å². The van der Waals surface area contributed by atoms with Crippen LogP contribution in [0.1, 0.15) is 11.1 Å². The molecule has 0 fully saturated rings. The molecule has 0 unspecified atom stereocenters. The van der Waals surface area contributed by atoms with E-state index in [4.69, 9.17) is 5.26 Å². The Bertz CT molecular complexity index is 565. The summed E-state index contributed by atoms with van der Waals surface area (Å²) in [5.74, 6) is 0. The summed E-state index contributed by atoms with van der Waals surface area (Å²) >= 11 is 0. The van der Waals surface area contributed by atoms with Gasteiger partial charge in [0.1, 0.15) is 5.69 Å². The lowest BCUT2D eigenvalue weighted by atomic mass is 10.1. The number of hydrogen-bond donors (Lipinski definition) is 2. The molecule has 0 bridgehead atoms. The lowest BCUT2D eigenvalue weighted by molar-refractivity contribution is -0.255. The van der Waals surface area contributed by atoms with Crippen molar-refractivity contribution in [3.05, 3.63) is 53.6 Å². The minimum absolute atomic E-state index is 0.667. The van der Waals surface area contributed by atoms with Crippen molar-refractivity contribution in [2.75, 3.05) is 5.32 Å². The van der Waals surface area contributed by atoms with E-state index in [2.05, 4.69) is 23.2 Å². The summed E-state index contributed by atoms with van der Waals surface area (Å²) in [4.78, 5) is 0. The monoisotopic (exact) mass is 224 g/mol. The molecular weight excluding hydrogens is 210 g/mol. The largest absolute Gasteiger partial charge is 0.356 e. The van der Waals surface area contributed by atoms with Crippen LogP contribution in [0, 0.1) is 18.3 Å². The first-order valence-corrected chi connectivity index (χ1v) is 5.39. The molecule has 4 N–H and O–H groups in total. The fraction of sp³-hybridized carbons (Fsp3) is 0.0714. The standard InChI is InChI=1S/C14H13N3/c1-10-8-13(6-7-14(10)16)17-12-4-2-11(9-15)3-5-12/h2-8,17H,16H2,1H3/p+1. The van der Waals surface area contributed by atoms with Crippen LogP contribution in [0.3, 0.4) is 0 Å². The third-order valence-electron chi connectivity index (χ3n) is 2.65. The lowest BCUT2D eigenvalue weighted by Crippen LogP contribution is -2.40. The van der Waals surface area contributed by atoms with Gasteiger partial charge in [0.25, 0.3) is 0 Å². The van der Waals surface area contributed by atoms with Crippen LogP contribution in [0.25, 0.3) is 0 Å². The highest BCUT2D eigenvalue weighted by atomic mass is 14.9. The van der Waals surface area contributed by atoms with Crippen LogP contribution in [0.5, 0.6) is 0 Å². The van der Waals surface area contributed by atoms with E-state index in [0.717, 1.165) is 22.6 Å². The maximum absolute atomic E-state index is 8.71. The van der Waals surface area contributed by atoms with Crippen molar-refractivity contribution in [2.24, 2.45) is 0 Å². The number of nitrogens with zero attached hydrogens (tertiary/aromatic N) is 1. The van der Waals surface area contributed by atoms with Crippen LogP contribution in [-0.4, -0.2) is 0 Å². The average Bonchev–Trinajstić information content (AvgIpc) is 2.35. The van der Waals surface area contributed by atoms with Gasteiger partial charge in [0, 0.05) is 23.0 Å². The fourth-order valence-corrected chi connectivity index (χ4v) is 1.57. The SMILES string of the molecule is Cc1cc(Nc2ccc(C#N)cc2)ccc1[NH3+]. The highest BCUT2D eigenvalue weighted by molar-refractivity contribution is 5.63. The molecule has 17 heavy (non-hydrogen) atoms. The first kappa shape index (κ1) is 11.2. The molecule has 0 aromatic heterocycles. The molecule has 0 amide bonds. The van der Waals surface area contributed by atoms with Gasteiger partial charge in [-0.1, -0.05) is 0 Å². The van der Waals surface area contributed by atoms with Crippen LogP contribution in [0.15, 0.2) is 42.5 Å². The molecule has 0 radical (unpaired) electrons. The Morgan fingerprint density at radius 2 is 1.71 bits per heavy atom. The number of quaternary nitrogens is 1. The van der Waals surface area contributed by atoms with Gasteiger partial charge in [-0.05, 0) is 43.3 Å². The quantitative estimate of drug-likeness (QED) is 0.823. The van der Waals surface area contributed by atoms with Crippen molar-refractivity contribution in [1.29, 1.82) is 5.26 Å². The van der Waals surface area contributed by atoms with E-state index in [-0.39, 0.29) is 0 Å². The van der Waals surface area contributed by atoms with Crippen LogP contribution in [0.2, 0.25) is 0 Å². The van der Waals surface area contributed by atoms with Crippen molar-refractivity contribution in [3.8, 4) is 6.07 Å². The zero-order valence-electron chi connectivity index (χ0n) is 9.70. The third kappa shape index (κ3) is 2.63. The molecule has 0 atom stereocenters. The van der Waals surface area contributed by atoms with Crippen molar-refractivity contribution in [1.82, 2.24) is 0 Å². The second kappa shape index (κ2) is 4.69. The summed E-state index contributed by atoms with van der Waals surface area (Å²) in [5.41, 5.74) is 8.79. The smallest absolute Gasteiger partial charge is 0.131 e. The van der Waals surface area contributed by atoms with Crippen molar-refractivity contribution >= 4 is 17.1 Å². The maximum Gasteiger partial charge on any atom is 0.131 e. The minimum Gasteiger partial charge on any atom is -0.356 e. The number of anilines is 2. The van der Waals surface area contributed by atoms with Gasteiger partial charge in [-0.15, -0.1) is 0 Å². The second-order valence-corrected chi connectivity index (χ2v) is 3.96. The minimum atomic E-state index is 0.667. The molecule has 84 valence electrons. The highest BCUT2D eigenvalue weighted by Gasteiger charge is 2.00. The number of aryl methyl sites for hydroxylation is 1. The van der Waals surface area contributed by atoms with Gasteiger partial charge < -0.3 is 11.1 Å². The Hall–Kier alpha value is -2.31. The normalized spacial score (nSPS) is 9.71. The van der Waals surface area contributed by atoms with Gasteiger partial charge in [0.05, 0.1) is 11.6 Å².